The first-order chi connectivity index (χ1) is 14.9. The number of amidine groups is 2. The maximum absolute atomic E-state index is 4.45. The summed E-state index contributed by atoms with van der Waals surface area (Å²) >= 11 is -0.838. The number of hydrogen-bond donors (Lipinski definition) is 0. The van der Waals surface area contributed by atoms with Gasteiger partial charge in [-0.25, -0.2) is 0 Å². The molecule has 0 aliphatic rings. The van der Waals surface area contributed by atoms with Crippen molar-refractivity contribution in [1.29, 1.82) is 0 Å². The van der Waals surface area contributed by atoms with Crippen molar-refractivity contribution < 1.29 is 0 Å². The number of aromatic nitrogens is 2. The number of hydrogen-bond acceptors (Lipinski definition) is 8. The Morgan fingerprint density at radius 3 is 1.45 bits per heavy atom. The van der Waals surface area contributed by atoms with Crippen molar-refractivity contribution >= 4 is 56.1 Å². The Kier molecular flexibility index (Phi) is 10.8. The van der Waals surface area contributed by atoms with E-state index in [1.165, 1.54) is 0 Å². The molecule has 0 aromatic carbocycles. The van der Waals surface area contributed by atoms with Crippen molar-refractivity contribution in [2.75, 3.05) is 28.2 Å². The third kappa shape index (κ3) is 8.89. The maximum atomic E-state index is 4.45. The van der Waals surface area contributed by atoms with Crippen LogP contribution in [0.3, 0.4) is 0 Å². The van der Waals surface area contributed by atoms with Crippen molar-refractivity contribution in [3.8, 4) is 0 Å². The van der Waals surface area contributed by atoms with Crippen LogP contribution in [-0.4, -0.2) is 84.7 Å². The van der Waals surface area contributed by atoms with Gasteiger partial charge in [-0.1, -0.05) is 0 Å². The van der Waals surface area contributed by atoms with E-state index in [0.717, 1.165) is 33.1 Å². The molecule has 11 heteroatoms. The second-order valence-electron chi connectivity index (χ2n) is 6.69. The molecule has 2 aromatic heterocycles. The van der Waals surface area contributed by atoms with Crippen molar-refractivity contribution in [1.82, 2.24) is 19.8 Å². The molecule has 2 rings (SSSR count). The van der Waals surface area contributed by atoms with Gasteiger partial charge in [-0.2, -0.15) is 0 Å². The van der Waals surface area contributed by atoms with Gasteiger partial charge >= 0.3 is 198 Å². The van der Waals surface area contributed by atoms with Crippen LogP contribution in [0, 0.1) is 0 Å². The third-order valence-corrected chi connectivity index (χ3v) is 12.1. The molecule has 0 amide bonds. The molecule has 0 bridgehead atoms. The standard InChI is InChI=1S/2C10H14N4S.Ga/c2*1-8(9-6-4-5-7-11-9)12-13-10(15)14(2)3;/h2*4-7H,1-3H3,(H,13,15);/q;;+2/p-2/b2*12-8+;. The van der Waals surface area contributed by atoms with E-state index >= 15 is 0 Å². The van der Waals surface area contributed by atoms with E-state index in [2.05, 4.69) is 30.4 Å². The molecule has 0 spiro atoms. The Labute approximate surface area is 197 Å². The summed E-state index contributed by atoms with van der Waals surface area (Å²) in [6.45, 7) is 3.83. The fourth-order valence-electron chi connectivity index (χ4n) is 2.04. The van der Waals surface area contributed by atoms with Crippen LogP contribution in [-0.2, 0) is 0 Å². The average molecular weight is 512 g/mol. The van der Waals surface area contributed by atoms with Crippen LogP contribution in [0.4, 0.5) is 0 Å². The van der Waals surface area contributed by atoms with Crippen LogP contribution in [0.1, 0.15) is 25.2 Å². The van der Waals surface area contributed by atoms with E-state index in [9.17, 15) is 0 Å². The topological polar surface area (TPSA) is 81.7 Å². The Balaban J connectivity index is 2.04. The second kappa shape index (κ2) is 13.4. The number of pyridine rings is 2. The minimum absolute atomic E-state index is 0.784. The summed E-state index contributed by atoms with van der Waals surface area (Å²) in [6, 6.07) is 11.5. The Hall–Kier alpha value is -2.08. The molecule has 0 N–H and O–H groups in total. The molecule has 0 atom stereocenters. The van der Waals surface area contributed by atoms with Gasteiger partial charge in [0.1, 0.15) is 0 Å². The van der Waals surface area contributed by atoms with Crippen molar-refractivity contribution in [2.24, 2.45) is 20.4 Å². The predicted octanol–water partition coefficient (Wildman–Crippen LogP) is 3.46. The molecule has 8 nitrogen and oxygen atoms in total. The molecule has 0 unspecified atom stereocenters. The molecule has 1 radical (unpaired) electrons. The average Bonchev–Trinajstić information content (AvgIpc) is 2.78. The van der Waals surface area contributed by atoms with Crippen LogP contribution in [0.15, 0.2) is 69.2 Å². The van der Waals surface area contributed by atoms with E-state index < -0.39 is 15.0 Å². The molecule has 2 aromatic rings. The van der Waals surface area contributed by atoms with Gasteiger partial charge in [0, 0.05) is 0 Å². The summed E-state index contributed by atoms with van der Waals surface area (Å²) in [5, 5.41) is 19.4. The summed E-state index contributed by atoms with van der Waals surface area (Å²) in [5.74, 6) is 0. The molecule has 0 fully saturated rings. The fraction of sp³-hybridized carbons (Fsp3) is 0.300. The molecular weight excluding hydrogens is 486 g/mol. The van der Waals surface area contributed by atoms with E-state index in [1.54, 1.807) is 31.8 Å². The quantitative estimate of drug-likeness (QED) is 0.255. The van der Waals surface area contributed by atoms with Crippen molar-refractivity contribution in [2.45, 2.75) is 13.8 Å². The van der Waals surface area contributed by atoms with Crippen LogP contribution >= 0.6 is 19.4 Å². The van der Waals surface area contributed by atoms with Gasteiger partial charge in [0.25, 0.3) is 0 Å². The summed E-state index contributed by atoms with van der Waals surface area (Å²) in [7, 11) is 11.4. The van der Waals surface area contributed by atoms with Crippen molar-refractivity contribution in [3.63, 3.8) is 0 Å². The van der Waals surface area contributed by atoms with Gasteiger partial charge in [-0.05, 0) is 0 Å². The molecule has 161 valence electrons. The van der Waals surface area contributed by atoms with Gasteiger partial charge in [-0.3, -0.25) is 0 Å². The summed E-state index contributed by atoms with van der Waals surface area (Å²) in [6.07, 6.45) is 3.51. The molecule has 0 aliphatic heterocycles. The summed E-state index contributed by atoms with van der Waals surface area (Å²) < 4.78 is 0. The molecule has 0 aliphatic carbocycles. The Morgan fingerprint density at radius 2 is 1.13 bits per heavy atom. The molecule has 0 saturated heterocycles. The zero-order valence-electron chi connectivity index (χ0n) is 18.6. The first kappa shape index (κ1) is 25.2. The van der Waals surface area contributed by atoms with Crippen LogP contribution < -0.4 is 0 Å². The van der Waals surface area contributed by atoms with Gasteiger partial charge < -0.3 is 0 Å². The zero-order valence-corrected chi connectivity index (χ0v) is 22.6. The SMILES string of the molecule is C/C(=N\N=C(/[S][Ga][S]/C(=N\N=C(/C)c1ccccn1)N(C)C)N(C)C)c1ccccn1. The number of nitrogens with zero attached hydrogens (tertiary/aromatic N) is 8. The van der Waals surface area contributed by atoms with Gasteiger partial charge in [0.05, 0.1) is 0 Å². The van der Waals surface area contributed by atoms with E-state index in [4.69, 9.17) is 0 Å². The Morgan fingerprint density at radius 1 is 0.710 bits per heavy atom. The van der Waals surface area contributed by atoms with E-state index in [1.807, 2.05) is 88.2 Å². The molecule has 0 saturated carbocycles. The fourth-order valence-corrected chi connectivity index (χ4v) is 10.9. The normalized spacial score (nSPS) is 13.2. The first-order valence-corrected chi connectivity index (χ1v) is 17.1. The van der Waals surface area contributed by atoms with Crippen molar-refractivity contribution in [3.05, 3.63) is 60.2 Å². The monoisotopic (exact) mass is 511 g/mol. The summed E-state index contributed by atoms with van der Waals surface area (Å²) in [5.41, 5.74) is 3.22. The second-order valence-corrected chi connectivity index (χ2v) is 15.3. The molecule has 2 heterocycles. The van der Waals surface area contributed by atoms with Crippen LogP contribution in [0.5, 0.6) is 0 Å². The van der Waals surface area contributed by atoms with Gasteiger partial charge in [0.2, 0.25) is 0 Å². The predicted molar refractivity (Wildman–Crippen MR) is 136 cm³/mol. The minimum atomic E-state index is -0.838. The zero-order chi connectivity index (χ0) is 22.6. The Bertz CT molecular complexity index is 867. The van der Waals surface area contributed by atoms with Crippen LogP contribution in [0.25, 0.3) is 0 Å². The van der Waals surface area contributed by atoms with E-state index in [0.29, 0.717) is 0 Å². The first-order valence-electron chi connectivity index (χ1n) is 9.45. The molecule has 31 heavy (non-hydrogen) atoms. The van der Waals surface area contributed by atoms with Crippen LogP contribution in [0.2, 0.25) is 0 Å². The van der Waals surface area contributed by atoms with Gasteiger partial charge in [0.15, 0.2) is 0 Å². The summed E-state index contributed by atoms with van der Waals surface area (Å²) in [4.78, 5) is 12.6. The third-order valence-electron chi connectivity index (χ3n) is 3.71. The van der Waals surface area contributed by atoms with E-state index in [-0.39, 0.29) is 0 Å². The number of rotatable bonds is 6. The molecular formula is C20H26GaN8S2. The van der Waals surface area contributed by atoms with Gasteiger partial charge in [-0.15, -0.1) is 0 Å².